The van der Waals surface area contributed by atoms with E-state index in [0.29, 0.717) is 26.4 Å². The third-order valence-electron chi connectivity index (χ3n) is 3.98. The van der Waals surface area contributed by atoms with Crippen molar-refractivity contribution in [1.29, 1.82) is 0 Å². The van der Waals surface area contributed by atoms with Crippen LogP contribution in [0.4, 0.5) is 0 Å². The molecule has 1 N–H and O–H groups in total. The summed E-state index contributed by atoms with van der Waals surface area (Å²) >= 11 is 0. The molecule has 0 aliphatic carbocycles. The van der Waals surface area contributed by atoms with Crippen LogP contribution in [0.3, 0.4) is 0 Å². The normalized spacial score (nSPS) is 34.4. The molecule has 2 heterocycles. The van der Waals surface area contributed by atoms with Gasteiger partial charge in [-0.2, -0.15) is 0 Å². The van der Waals surface area contributed by atoms with Gasteiger partial charge in [-0.25, -0.2) is 0 Å². The molecule has 0 bridgehead atoms. The molecule has 0 aromatic rings. The minimum atomic E-state index is -0.721. The van der Waals surface area contributed by atoms with Crippen LogP contribution in [0, 0.1) is 5.41 Å². The van der Waals surface area contributed by atoms with Gasteiger partial charge in [0.2, 0.25) is 0 Å². The molecule has 18 heavy (non-hydrogen) atoms. The lowest BCUT2D eigenvalue weighted by atomic mass is 9.82. The van der Waals surface area contributed by atoms with E-state index in [1.54, 1.807) is 0 Å². The largest absolute Gasteiger partial charge is 0.481 e. The van der Waals surface area contributed by atoms with Gasteiger partial charge in [0.05, 0.1) is 19.3 Å². The Morgan fingerprint density at radius 3 is 2.94 bits per heavy atom. The Balaban J connectivity index is 1.98. The first-order valence-corrected chi connectivity index (χ1v) is 6.81. The van der Waals surface area contributed by atoms with Crippen molar-refractivity contribution in [2.75, 3.05) is 39.5 Å². The van der Waals surface area contributed by atoms with Gasteiger partial charge >= 0.3 is 5.97 Å². The molecule has 2 saturated heterocycles. The predicted octanol–water partition coefficient (Wildman–Crippen LogP) is 0.979. The number of carbonyl (C=O) groups is 1. The lowest BCUT2D eigenvalue weighted by Gasteiger charge is -2.40. The van der Waals surface area contributed by atoms with Crippen LogP contribution in [0.25, 0.3) is 0 Å². The van der Waals surface area contributed by atoms with E-state index < -0.39 is 11.4 Å². The second kappa shape index (κ2) is 5.99. The standard InChI is InChI=1S/C13H23NO4/c1-2-11-8-14(5-7-18-11)9-13(12(15)16)4-3-6-17-10-13/h11H,2-10H2,1H3,(H,15,16). The number of nitrogens with zero attached hydrogens (tertiary/aromatic N) is 1. The fraction of sp³-hybridized carbons (Fsp3) is 0.923. The molecule has 5 nitrogen and oxygen atoms in total. The zero-order valence-electron chi connectivity index (χ0n) is 11.1. The van der Waals surface area contributed by atoms with E-state index in [0.717, 1.165) is 32.4 Å². The number of hydrogen-bond donors (Lipinski definition) is 1. The molecule has 5 heteroatoms. The SMILES string of the molecule is CCC1CN(CC2(C(=O)O)CCCOC2)CCO1. The van der Waals surface area contributed by atoms with Gasteiger partial charge in [-0.3, -0.25) is 9.69 Å². The lowest BCUT2D eigenvalue weighted by molar-refractivity contribution is -0.161. The number of carboxylic acids is 1. The zero-order valence-corrected chi connectivity index (χ0v) is 11.1. The first-order valence-electron chi connectivity index (χ1n) is 6.81. The fourth-order valence-electron chi connectivity index (χ4n) is 2.81. The Labute approximate surface area is 108 Å². The van der Waals surface area contributed by atoms with Crippen LogP contribution >= 0.6 is 0 Å². The Morgan fingerprint density at radius 1 is 1.50 bits per heavy atom. The first-order chi connectivity index (χ1) is 8.66. The van der Waals surface area contributed by atoms with E-state index in [1.807, 2.05) is 0 Å². The summed E-state index contributed by atoms with van der Waals surface area (Å²) in [6.45, 7) is 6.09. The van der Waals surface area contributed by atoms with Gasteiger partial charge in [-0.15, -0.1) is 0 Å². The van der Waals surface area contributed by atoms with Crippen LogP contribution in [0.1, 0.15) is 26.2 Å². The van der Waals surface area contributed by atoms with Crippen molar-refractivity contribution >= 4 is 5.97 Å². The van der Waals surface area contributed by atoms with E-state index in [9.17, 15) is 9.90 Å². The summed E-state index contributed by atoms with van der Waals surface area (Å²) in [6.07, 6.45) is 2.78. The number of aliphatic carboxylic acids is 1. The molecule has 0 spiro atoms. The average molecular weight is 257 g/mol. The second-order valence-corrected chi connectivity index (χ2v) is 5.38. The van der Waals surface area contributed by atoms with Crippen molar-refractivity contribution in [3.63, 3.8) is 0 Å². The summed E-state index contributed by atoms with van der Waals surface area (Å²) in [5.41, 5.74) is -0.714. The molecule has 2 rings (SSSR count). The monoisotopic (exact) mass is 257 g/mol. The highest BCUT2D eigenvalue weighted by Gasteiger charge is 2.42. The molecule has 2 atom stereocenters. The fourth-order valence-corrected chi connectivity index (χ4v) is 2.81. The van der Waals surface area contributed by atoms with Gasteiger partial charge in [-0.1, -0.05) is 6.92 Å². The van der Waals surface area contributed by atoms with E-state index in [1.165, 1.54) is 0 Å². The van der Waals surface area contributed by atoms with Crippen LogP contribution in [0.15, 0.2) is 0 Å². The Kier molecular flexibility index (Phi) is 4.59. The van der Waals surface area contributed by atoms with E-state index in [2.05, 4.69) is 11.8 Å². The van der Waals surface area contributed by atoms with E-state index in [4.69, 9.17) is 9.47 Å². The van der Waals surface area contributed by atoms with Crippen LogP contribution in [-0.4, -0.2) is 61.5 Å². The quantitative estimate of drug-likeness (QED) is 0.813. The maximum absolute atomic E-state index is 11.6. The van der Waals surface area contributed by atoms with Gasteiger partial charge < -0.3 is 14.6 Å². The second-order valence-electron chi connectivity index (χ2n) is 5.38. The number of ether oxygens (including phenoxy) is 2. The van der Waals surface area contributed by atoms with Crippen molar-refractivity contribution in [2.45, 2.75) is 32.3 Å². The molecule has 0 amide bonds. The molecule has 2 unspecified atom stereocenters. The molecule has 0 radical (unpaired) electrons. The minimum Gasteiger partial charge on any atom is -0.481 e. The third-order valence-corrected chi connectivity index (χ3v) is 3.98. The molecular weight excluding hydrogens is 234 g/mol. The van der Waals surface area contributed by atoms with Gasteiger partial charge in [0.15, 0.2) is 0 Å². The van der Waals surface area contributed by atoms with Crippen molar-refractivity contribution in [1.82, 2.24) is 4.90 Å². The third kappa shape index (κ3) is 3.02. The summed E-state index contributed by atoms with van der Waals surface area (Å²) in [6, 6.07) is 0. The van der Waals surface area contributed by atoms with Gasteiger partial charge in [-0.05, 0) is 19.3 Å². The molecule has 0 aromatic heterocycles. The van der Waals surface area contributed by atoms with E-state index in [-0.39, 0.29) is 6.10 Å². The summed E-state index contributed by atoms with van der Waals surface area (Å²) in [4.78, 5) is 13.8. The molecule has 2 fully saturated rings. The van der Waals surface area contributed by atoms with Crippen molar-refractivity contribution < 1.29 is 19.4 Å². The average Bonchev–Trinajstić information content (AvgIpc) is 2.40. The lowest BCUT2D eigenvalue weighted by Crippen LogP contribution is -2.52. The molecule has 0 aromatic carbocycles. The first kappa shape index (κ1) is 13.8. The maximum atomic E-state index is 11.6. The highest BCUT2D eigenvalue weighted by molar-refractivity contribution is 5.75. The summed E-state index contributed by atoms with van der Waals surface area (Å²) in [7, 11) is 0. The molecule has 2 aliphatic heterocycles. The topological polar surface area (TPSA) is 59.0 Å². The molecule has 104 valence electrons. The van der Waals surface area contributed by atoms with Crippen LogP contribution in [0.2, 0.25) is 0 Å². The predicted molar refractivity (Wildman–Crippen MR) is 66.6 cm³/mol. The molecule has 2 aliphatic rings. The van der Waals surface area contributed by atoms with Gasteiger partial charge in [0, 0.05) is 26.2 Å². The van der Waals surface area contributed by atoms with Gasteiger partial charge in [0.25, 0.3) is 0 Å². The molecular formula is C13H23NO4. The number of carboxylic acid groups (broad SMARTS) is 1. The van der Waals surface area contributed by atoms with E-state index >= 15 is 0 Å². The van der Waals surface area contributed by atoms with Crippen molar-refractivity contribution in [3.8, 4) is 0 Å². The Bertz CT molecular complexity index is 289. The van der Waals surface area contributed by atoms with Crippen LogP contribution in [0.5, 0.6) is 0 Å². The zero-order chi connectivity index (χ0) is 13.0. The number of rotatable bonds is 4. The highest BCUT2D eigenvalue weighted by Crippen LogP contribution is 2.30. The maximum Gasteiger partial charge on any atom is 0.313 e. The highest BCUT2D eigenvalue weighted by atomic mass is 16.5. The Morgan fingerprint density at radius 2 is 2.33 bits per heavy atom. The van der Waals surface area contributed by atoms with Crippen molar-refractivity contribution in [2.24, 2.45) is 5.41 Å². The van der Waals surface area contributed by atoms with Crippen LogP contribution < -0.4 is 0 Å². The number of morpholine rings is 1. The molecule has 0 saturated carbocycles. The summed E-state index contributed by atoms with van der Waals surface area (Å²) < 4.78 is 11.0. The summed E-state index contributed by atoms with van der Waals surface area (Å²) in [5.74, 6) is -0.721. The smallest absolute Gasteiger partial charge is 0.313 e. The van der Waals surface area contributed by atoms with Crippen LogP contribution in [-0.2, 0) is 14.3 Å². The minimum absolute atomic E-state index is 0.245. The summed E-state index contributed by atoms with van der Waals surface area (Å²) in [5, 5.41) is 9.50. The number of hydrogen-bond acceptors (Lipinski definition) is 4. The Hall–Kier alpha value is -0.650. The van der Waals surface area contributed by atoms with Gasteiger partial charge in [0.1, 0.15) is 5.41 Å². The van der Waals surface area contributed by atoms with Crippen molar-refractivity contribution in [3.05, 3.63) is 0 Å².